The van der Waals surface area contributed by atoms with Crippen LogP contribution in [0.4, 0.5) is 0 Å². The van der Waals surface area contributed by atoms with Crippen molar-refractivity contribution in [2.24, 2.45) is 5.92 Å². The lowest BCUT2D eigenvalue weighted by Gasteiger charge is -2.15. The Morgan fingerprint density at radius 3 is 1.93 bits per heavy atom. The van der Waals surface area contributed by atoms with Crippen LogP contribution in [0.25, 0.3) is 0 Å². The number of hydrogen-bond donors (Lipinski definition) is 1. The van der Waals surface area contributed by atoms with Crippen LogP contribution in [0.5, 0.6) is 0 Å². The van der Waals surface area contributed by atoms with E-state index in [9.17, 15) is 4.79 Å². The maximum atomic E-state index is 11.7. The van der Waals surface area contributed by atoms with E-state index in [-0.39, 0.29) is 5.97 Å². The Morgan fingerprint density at radius 1 is 0.767 bits per heavy atom. The first-order valence-electron chi connectivity index (χ1n) is 13.3. The van der Waals surface area contributed by atoms with Gasteiger partial charge in [0, 0.05) is 6.42 Å². The van der Waals surface area contributed by atoms with E-state index >= 15 is 0 Å². The molecule has 1 saturated carbocycles. The van der Waals surface area contributed by atoms with E-state index in [2.05, 4.69) is 13.8 Å². The molecule has 0 saturated heterocycles. The maximum absolute atomic E-state index is 11.7. The summed E-state index contributed by atoms with van der Waals surface area (Å²) in [7, 11) is 0. The number of esters is 1. The van der Waals surface area contributed by atoms with Crippen molar-refractivity contribution in [3.63, 3.8) is 0 Å². The molecule has 1 aliphatic rings. The predicted octanol–water partition coefficient (Wildman–Crippen LogP) is 5.34. The molecular formula is C26H52NO3+. The molecule has 0 unspecified atom stereocenters. The van der Waals surface area contributed by atoms with Crippen LogP contribution in [-0.4, -0.2) is 45.4 Å². The van der Waals surface area contributed by atoms with E-state index in [1.54, 1.807) is 4.90 Å². The molecule has 0 radical (unpaired) electrons. The van der Waals surface area contributed by atoms with Crippen molar-refractivity contribution in [1.82, 2.24) is 0 Å². The summed E-state index contributed by atoms with van der Waals surface area (Å²) >= 11 is 0. The molecule has 1 fully saturated rings. The van der Waals surface area contributed by atoms with Crippen molar-refractivity contribution < 1.29 is 19.2 Å². The van der Waals surface area contributed by atoms with Crippen molar-refractivity contribution >= 4 is 5.97 Å². The molecule has 4 nitrogen and oxygen atoms in total. The summed E-state index contributed by atoms with van der Waals surface area (Å²) in [5, 5.41) is 0. The highest BCUT2D eigenvalue weighted by Gasteiger charge is 2.13. The lowest BCUT2D eigenvalue weighted by molar-refractivity contribution is -0.896. The fourth-order valence-electron chi connectivity index (χ4n) is 4.62. The molecule has 0 aliphatic heterocycles. The van der Waals surface area contributed by atoms with E-state index in [1.165, 1.54) is 83.5 Å². The average Bonchev–Trinajstić information content (AvgIpc) is 3.27. The first-order valence-corrected chi connectivity index (χ1v) is 13.3. The van der Waals surface area contributed by atoms with Gasteiger partial charge in [-0.05, 0) is 26.2 Å². The zero-order valence-corrected chi connectivity index (χ0v) is 20.4. The summed E-state index contributed by atoms with van der Waals surface area (Å²) in [6.45, 7) is 9.35. The van der Waals surface area contributed by atoms with Gasteiger partial charge in [-0.15, -0.1) is 0 Å². The zero-order valence-electron chi connectivity index (χ0n) is 20.4. The van der Waals surface area contributed by atoms with Crippen LogP contribution in [0.3, 0.4) is 0 Å². The second-order valence-corrected chi connectivity index (χ2v) is 9.26. The molecule has 178 valence electrons. The smallest absolute Gasteiger partial charge is 0.305 e. The third kappa shape index (κ3) is 16.1. The number of likely N-dealkylation sites (N-methyl/N-ethyl adjacent to an activating group) is 1. The number of ether oxygens (including phenoxy) is 2. The van der Waals surface area contributed by atoms with E-state index < -0.39 is 0 Å². The molecule has 0 amide bonds. The van der Waals surface area contributed by atoms with Gasteiger partial charge in [-0.1, -0.05) is 89.9 Å². The topological polar surface area (TPSA) is 40.0 Å². The third-order valence-corrected chi connectivity index (χ3v) is 6.81. The molecule has 0 aromatic rings. The van der Waals surface area contributed by atoms with E-state index in [4.69, 9.17) is 9.47 Å². The fraction of sp³-hybridized carbons (Fsp3) is 0.962. The standard InChI is InChI=1S/C26H51NO3/c1-3-27(4-2)21-22-29-23-24-30-26(28)20-14-12-10-8-6-5-7-9-11-13-17-25-18-15-16-19-25/h25H,3-24H2,1-2H3/p+1. The molecule has 1 N–H and O–H groups in total. The first kappa shape index (κ1) is 27.4. The minimum Gasteiger partial charge on any atom is -0.463 e. The Hall–Kier alpha value is -0.610. The normalized spacial score (nSPS) is 14.6. The molecule has 4 heteroatoms. The van der Waals surface area contributed by atoms with E-state index in [0.717, 1.165) is 45.0 Å². The molecule has 1 aliphatic carbocycles. The quantitative estimate of drug-likeness (QED) is 0.199. The van der Waals surface area contributed by atoms with Crippen LogP contribution in [0.2, 0.25) is 0 Å². The Morgan fingerprint density at radius 2 is 1.33 bits per heavy atom. The summed E-state index contributed by atoms with van der Waals surface area (Å²) in [6.07, 6.45) is 21.2. The number of quaternary nitrogens is 1. The minimum atomic E-state index is -0.0643. The van der Waals surface area contributed by atoms with Gasteiger partial charge in [-0.2, -0.15) is 0 Å². The van der Waals surface area contributed by atoms with E-state index in [0.29, 0.717) is 19.6 Å². The largest absolute Gasteiger partial charge is 0.463 e. The summed E-state index contributed by atoms with van der Waals surface area (Å²) < 4.78 is 10.8. The maximum Gasteiger partial charge on any atom is 0.305 e. The number of carbonyl (C=O) groups is 1. The SMILES string of the molecule is CC[NH+](CC)CCOCCOC(=O)CCCCCCCCCCCCC1CCCC1. The van der Waals surface area contributed by atoms with Crippen molar-refractivity contribution in [2.75, 3.05) is 39.5 Å². The van der Waals surface area contributed by atoms with Crippen LogP contribution in [0, 0.1) is 5.92 Å². The second-order valence-electron chi connectivity index (χ2n) is 9.26. The zero-order chi connectivity index (χ0) is 21.7. The van der Waals surface area contributed by atoms with Crippen molar-refractivity contribution in [3.05, 3.63) is 0 Å². The molecular weight excluding hydrogens is 374 g/mol. The Balaban J connectivity index is 1.73. The Kier molecular flexibility index (Phi) is 18.6. The van der Waals surface area contributed by atoms with E-state index in [1.807, 2.05) is 0 Å². The lowest BCUT2D eigenvalue weighted by Crippen LogP contribution is -3.11. The monoisotopic (exact) mass is 426 g/mol. The van der Waals surface area contributed by atoms with Gasteiger partial charge in [0.1, 0.15) is 13.2 Å². The van der Waals surface area contributed by atoms with Gasteiger partial charge >= 0.3 is 5.97 Å². The molecule has 0 aromatic carbocycles. The molecule has 0 aromatic heterocycles. The van der Waals surface area contributed by atoms with Gasteiger partial charge in [0.15, 0.2) is 0 Å². The fourth-order valence-corrected chi connectivity index (χ4v) is 4.62. The summed E-state index contributed by atoms with van der Waals surface area (Å²) in [5.74, 6) is 1.00. The first-order chi connectivity index (χ1) is 14.8. The number of rotatable bonds is 21. The number of carbonyl (C=O) groups excluding carboxylic acids is 1. The lowest BCUT2D eigenvalue weighted by atomic mass is 9.99. The highest BCUT2D eigenvalue weighted by atomic mass is 16.6. The van der Waals surface area contributed by atoms with Crippen LogP contribution in [0.15, 0.2) is 0 Å². The van der Waals surface area contributed by atoms with Gasteiger partial charge in [0.2, 0.25) is 0 Å². The van der Waals surface area contributed by atoms with Crippen molar-refractivity contribution in [1.29, 1.82) is 0 Å². The second kappa shape index (κ2) is 20.3. The molecule has 0 spiro atoms. The van der Waals surface area contributed by atoms with Gasteiger partial charge in [-0.3, -0.25) is 4.79 Å². The molecule has 0 heterocycles. The van der Waals surface area contributed by atoms with Gasteiger partial charge in [-0.25, -0.2) is 0 Å². The van der Waals surface area contributed by atoms with Crippen LogP contribution in [0.1, 0.15) is 117 Å². The summed E-state index contributed by atoms with van der Waals surface area (Å²) in [6, 6.07) is 0. The minimum absolute atomic E-state index is 0.0643. The molecule has 0 atom stereocenters. The van der Waals surface area contributed by atoms with Crippen molar-refractivity contribution in [2.45, 2.75) is 117 Å². The predicted molar refractivity (Wildman–Crippen MR) is 126 cm³/mol. The van der Waals surface area contributed by atoms with Gasteiger partial charge in [0.25, 0.3) is 0 Å². The van der Waals surface area contributed by atoms with Crippen molar-refractivity contribution in [3.8, 4) is 0 Å². The van der Waals surface area contributed by atoms with Gasteiger partial charge < -0.3 is 14.4 Å². The number of nitrogens with one attached hydrogen (secondary N) is 1. The number of hydrogen-bond acceptors (Lipinski definition) is 3. The molecule has 0 bridgehead atoms. The highest BCUT2D eigenvalue weighted by molar-refractivity contribution is 5.69. The van der Waals surface area contributed by atoms with Crippen LogP contribution < -0.4 is 4.90 Å². The Bertz CT molecular complexity index is 378. The third-order valence-electron chi connectivity index (χ3n) is 6.81. The average molecular weight is 427 g/mol. The molecule has 30 heavy (non-hydrogen) atoms. The van der Waals surface area contributed by atoms with Crippen LogP contribution >= 0.6 is 0 Å². The Labute approximate surface area is 187 Å². The summed E-state index contributed by atoms with van der Waals surface area (Å²) in [4.78, 5) is 13.3. The number of unbranched alkanes of at least 4 members (excludes halogenated alkanes) is 9. The highest BCUT2D eigenvalue weighted by Crippen LogP contribution is 2.29. The summed E-state index contributed by atoms with van der Waals surface area (Å²) in [5.41, 5.74) is 0. The molecule has 1 rings (SSSR count). The van der Waals surface area contributed by atoms with Gasteiger partial charge in [0.05, 0.1) is 26.3 Å². The van der Waals surface area contributed by atoms with Crippen LogP contribution in [-0.2, 0) is 14.3 Å².